The van der Waals surface area contributed by atoms with Crippen LogP contribution in [0.15, 0.2) is 29.1 Å². The molecule has 2 heterocycles. The molecule has 1 aromatic heterocycles. The van der Waals surface area contributed by atoms with Crippen molar-refractivity contribution in [3.8, 4) is 11.5 Å². The van der Waals surface area contributed by atoms with E-state index >= 15 is 0 Å². The summed E-state index contributed by atoms with van der Waals surface area (Å²) in [6, 6.07) is 5.81. The van der Waals surface area contributed by atoms with Crippen molar-refractivity contribution < 1.29 is 23.0 Å². The van der Waals surface area contributed by atoms with E-state index in [0.29, 0.717) is 5.82 Å². The number of alkyl halides is 2. The number of ketones is 1. The molecule has 1 aromatic carbocycles. The summed E-state index contributed by atoms with van der Waals surface area (Å²) >= 11 is 0. The van der Waals surface area contributed by atoms with Gasteiger partial charge in [0.15, 0.2) is 17.3 Å². The Morgan fingerprint density at radius 3 is 2.63 bits per heavy atom. The molecule has 2 aliphatic rings. The topological polar surface area (TPSA) is 81.3 Å². The first kappa shape index (κ1) is 17.6. The third-order valence-electron chi connectivity index (χ3n) is 5.24. The number of rotatable bonds is 5. The van der Waals surface area contributed by atoms with E-state index in [1.165, 1.54) is 18.2 Å². The second-order valence-electron chi connectivity index (χ2n) is 7.42. The molecule has 1 N–H and O–H groups in total. The van der Waals surface area contributed by atoms with Crippen molar-refractivity contribution in [2.24, 2.45) is 5.41 Å². The van der Waals surface area contributed by atoms with Gasteiger partial charge in [0.25, 0.3) is 5.56 Å². The Bertz CT molecular complexity index is 982. The third-order valence-corrected chi connectivity index (χ3v) is 5.24. The van der Waals surface area contributed by atoms with Gasteiger partial charge in [0, 0.05) is 12.5 Å². The number of hydrogen-bond donors (Lipinski definition) is 1. The average molecular weight is 376 g/mol. The van der Waals surface area contributed by atoms with Crippen molar-refractivity contribution in [3.05, 3.63) is 51.7 Å². The third kappa shape index (κ3) is 3.43. The number of Topliss-reactive ketones (excluding diaryl/α,β-unsaturated/α-hetero) is 1. The maximum absolute atomic E-state index is 13.3. The van der Waals surface area contributed by atoms with E-state index in [2.05, 4.69) is 26.4 Å². The lowest BCUT2D eigenvalue weighted by atomic mass is 9.80. The number of aromatic amines is 1. The van der Waals surface area contributed by atoms with Gasteiger partial charge < -0.3 is 14.5 Å². The summed E-state index contributed by atoms with van der Waals surface area (Å²) in [6.45, 7) is 3.66. The van der Waals surface area contributed by atoms with Crippen LogP contribution in [0.3, 0.4) is 0 Å². The average Bonchev–Trinajstić information content (AvgIpc) is 3.22. The van der Waals surface area contributed by atoms with Gasteiger partial charge in [-0.2, -0.15) is 0 Å². The summed E-state index contributed by atoms with van der Waals surface area (Å²) in [7, 11) is 0. The minimum Gasteiger partial charge on any atom is -0.395 e. The molecule has 1 saturated carbocycles. The van der Waals surface area contributed by atoms with Crippen molar-refractivity contribution in [3.63, 3.8) is 0 Å². The number of ether oxygens (including phenoxy) is 2. The Hall–Kier alpha value is -2.77. The molecule has 1 aliphatic carbocycles. The minimum atomic E-state index is -3.68. The van der Waals surface area contributed by atoms with Gasteiger partial charge in [0.05, 0.1) is 0 Å². The molecule has 2 aromatic rings. The molecule has 1 aliphatic heterocycles. The molecule has 8 heteroatoms. The zero-order chi connectivity index (χ0) is 19.4. The predicted octanol–water partition coefficient (Wildman–Crippen LogP) is 3.56. The van der Waals surface area contributed by atoms with Gasteiger partial charge in [0.1, 0.15) is 11.5 Å². The number of fused-ring (bicyclic) bond motifs is 1. The van der Waals surface area contributed by atoms with Crippen molar-refractivity contribution in [2.75, 3.05) is 0 Å². The van der Waals surface area contributed by atoms with E-state index in [-0.39, 0.29) is 46.3 Å². The van der Waals surface area contributed by atoms with Gasteiger partial charge in [-0.25, -0.2) is 4.98 Å². The molecule has 0 bridgehead atoms. The Morgan fingerprint density at radius 2 is 1.96 bits per heavy atom. The van der Waals surface area contributed by atoms with Crippen LogP contribution >= 0.6 is 0 Å². The van der Waals surface area contributed by atoms with Crippen molar-refractivity contribution in [1.29, 1.82) is 0 Å². The predicted molar refractivity (Wildman–Crippen MR) is 91.3 cm³/mol. The Labute approximate surface area is 153 Å². The molecule has 1 fully saturated rings. The number of carbonyl (C=O) groups excluding carboxylic acids is 1. The largest absolute Gasteiger partial charge is 0.586 e. The summed E-state index contributed by atoms with van der Waals surface area (Å²) < 4.78 is 35.5. The number of nitrogens with one attached hydrogen (secondary N) is 1. The standard InChI is InChI=1S/C19H18F2N2O4/c1-10-22-13(9-17(25)23-10)14(24)8-12(18(2)5-6-18)11-3-4-15-16(7-11)27-19(20,21)26-15/h3-4,7,9,12H,5-6,8H2,1-2H3,(H,22,23,25)/t12-/m0/s1. The second kappa shape index (κ2) is 5.87. The van der Waals surface area contributed by atoms with E-state index in [0.717, 1.165) is 18.4 Å². The molecule has 1 atom stereocenters. The highest BCUT2D eigenvalue weighted by atomic mass is 19.3. The molecular formula is C19H18F2N2O4. The van der Waals surface area contributed by atoms with Gasteiger partial charge in [0.2, 0.25) is 0 Å². The zero-order valence-electron chi connectivity index (χ0n) is 14.8. The van der Waals surface area contributed by atoms with Crippen LogP contribution in [0.1, 0.15) is 54.0 Å². The first-order valence-electron chi connectivity index (χ1n) is 8.66. The molecule has 0 radical (unpaired) electrons. The summed E-state index contributed by atoms with van der Waals surface area (Å²) in [6.07, 6.45) is -1.69. The van der Waals surface area contributed by atoms with Crippen LogP contribution in [0.2, 0.25) is 0 Å². The number of carbonyl (C=O) groups is 1. The number of halogens is 2. The summed E-state index contributed by atoms with van der Waals surface area (Å²) in [4.78, 5) is 31.0. The fraction of sp³-hybridized carbons (Fsp3) is 0.421. The molecule has 142 valence electrons. The number of H-pyrrole nitrogens is 1. The molecular weight excluding hydrogens is 358 g/mol. The lowest BCUT2D eigenvalue weighted by Gasteiger charge is -2.23. The smallest absolute Gasteiger partial charge is 0.395 e. The molecule has 0 amide bonds. The van der Waals surface area contributed by atoms with Crippen molar-refractivity contribution in [1.82, 2.24) is 9.97 Å². The van der Waals surface area contributed by atoms with Gasteiger partial charge in [-0.05, 0) is 48.8 Å². The van der Waals surface area contributed by atoms with E-state index in [4.69, 9.17) is 0 Å². The van der Waals surface area contributed by atoms with Crippen LogP contribution in [0.25, 0.3) is 0 Å². The van der Waals surface area contributed by atoms with Gasteiger partial charge in [-0.1, -0.05) is 13.0 Å². The van der Waals surface area contributed by atoms with Gasteiger partial charge in [-0.3, -0.25) is 9.59 Å². The second-order valence-corrected chi connectivity index (χ2v) is 7.42. The van der Waals surface area contributed by atoms with E-state index in [9.17, 15) is 18.4 Å². The summed E-state index contributed by atoms with van der Waals surface area (Å²) in [5.41, 5.74) is 0.343. The van der Waals surface area contributed by atoms with Crippen LogP contribution in [0, 0.1) is 12.3 Å². The van der Waals surface area contributed by atoms with Crippen LogP contribution < -0.4 is 15.0 Å². The lowest BCUT2D eigenvalue weighted by molar-refractivity contribution is -0.286. The minimum absolute atomic E-state index is 0.0262. The Kier molecular flexibility index (Phi) is 3.83. The van der Waals surface area contributed by atoms with E-state index < -0.39 is 6.29 Å². The van der Waals surface area contributed by atoms with Crippen LogP contribution in [0.4, 0.5) is 8.78 Å². The highest BCUT2D eigenvalue weighted by Gasteiger charge is 2.48. The highest BCUT2D eigenvalue weighted by molar-refractivity contribution is 5.94. The Morgan fingerprint density at radius 1 is 1.26 bits per heavy atom. The monoisotopic (exact) mass is 376 g/mol. The SMILES string of the molecule is Cc1nc(C(=O)C[C@@H](c2ccc3c(c2)OC(F)(F)O3)C2(C)CC2)cc(=O)[nH]1. The fourth-order valence-electron chi connectivity index (χ4n) is 3.51. The zero-order valence-corrected chi connectivity index (χ0v) is 14.8. The number of hydrogen-bond acceptors (Lipinski definition) is 5. The molecule has 0 spiro atoms. The number of nitrogens with zero attached hydrogens (tertiary/aromatic N) is 1. The fourth-order valence-corrected chi connectivity index (χ4v) is 3.51. The van der Waals surface area contributed by atoms with E-state index in [1.54, 1.807) is 13.0 Å². The highest BCUT2D eigenvalue weighted by Crippen LogP contribution is 2.58. The Balaban J connectivity index is 1.64. The van der Waals surface area contributed by atoms with E-state index in [1.807, 2.05) is 0 Å². The number of aromatic nitrogens is 2. The van der Waals surface area contributed by atoms with Crippen LogP contribution in [0.5, 0.6) is 11.5 Å². The molecule has 4 rings (SSSR count). The molecule has 6 nitrogen and oxygen atoms in total. The first-order valence-corrected chi connectivity index (χ1v) is 8.66. The van der Waals surface area contributed by atoms with Crippen molar-refractivity contribution >= 4 is 5.78 Å². The number of aryl methyl sites for hydroxylation is 1. The van der Waals surface area contributed by atoms with Crippen LogP contribution in [-0.2, 0) is 0 Å². The number of benzene rings is 1. The summed E-state index contributed by atoms with van der Waals surface area (Å²) in [5.74, 6) is -0.156. The molecule has 0 unspecified atom stereocenters. The maximum atomic E-state index is 13.3. The quantitative estimate of drug-likeness (QED) is 0.807. The maximum Gasteiger partial charge on any atom is 0.586 e. The van der Waals surface area contributed by atoms with Gasteiger partial charge >= 0.3 is 6.29 Å². The molecule has 0 saturated heterocycles. The first-order chi connectivity index (χ1) is 12.7. The lowest BCUT2D eigenvalue weighted by Crippen LogP contribution is -2.25. The summed E-state index contributed by atoms with van der Waals surface area (Å²) in [5, 5.41) is 0. The van der Waals surface area contributed by atoms with Crippen LogP contribution in [-0.4, -0.2) is 22.0 Å². The van der Waals surface area contributed by atoms with Gasteiger partial charge in [-0.15, -0.1) is 8.78 Å². The van der Waals surface area contributed by atoms with Crippen molar-refractivity contribution in [2.45, 2.75) is 45.3 Å². The normalized spacial score (nSPS) is 19.6. The molecule has 27 heavy (non-hydrogen) atoms.